The molecule has 0 aromatic heterocycles. The third kappa shape index (κ3) is 4.95. The highest BCUT2D eigenvalue weighted by Crippen LogP contribution is 2.25. The lowest BCUT2D eigenvalue weighted by molar-refractivity contribution is -0.128. The van der Waals surface area contributed by atoms with Gasteiger partial charge in [0.15, 0.2) is 0 Å². The number of ether oxygens (including phenoxy) is 1. The Hall–Kier alpha value is -2.86. The van der Waals surface area contributed by atoms with Crippen molar-refractivity contribution in [3.8, 4) is 5.75 Å². The van der Waals surface area contributed by atoms with E-state index in [1.807, 2.05) is 53.4 Å². The number of benzene rings is 2. The minimum Gasteiger partial charge on any atom is -0.497 e. The summed E-state index contributed by atoms with van der Waals surface area (Å²) in [4.78, 5) is 26.7. The van der Waals surface area contributed by atoms with Gasteiger partial charge in [0.2, 0.25) is 11.8 Å². The number of nitrogens with two attached hydrogens (primary N) is 1. The van der Waals surface area contributed by atoms with Crippen LogP contribution in [0.15, 0.2) is 48.5 Å². The van der Waals surface area contributed by atoms with E-state index in [1.54, 1.807) is 7.11 Å². The number of carbonyl (C=O) groups excluding carboxylic acids is 2. The van der Waals surface area contributed by atoms with Gasteiger partial charge >= 0.3 is 0 Å². The van der Waals surface area contributed by atoms with Gasteiger partial charge < -0.3 is 15.8 Å². The number of hydrogen-bond acceptors (Lipinski definition) is 4. The van der Waals surface area contributed by atoms with Crippen LogP contribution in [0.2, 0.25) is 0 Å². The molecule has 2 amide bonds. The monoisotopic (exact) mass is 395 g/mol. The molecule has 6 heteroatoms. The maximum absolute atomic E-state index is 12.9. The lowest BCUT2D eigenvalue weighted by Crippen LogP contribution is -2.52. The van der Waals surface area contributed by atoms with Crippen LogP contribution in [0.3, 0.4) is 0 Å². The molecule has 0 saturated carbocycles. The molecule has 0 radical (unpaired) electrons. The summed E-state index contributed by atoms with van der Waals surface area (Å²) in [5, 5.41) is 3.13. The average Bonchev–Trinajstić information content (AvgIpc) is 2.71. The molecular formula is C23H29N3O3. The van der Waals surface area contributed by atoms with Gasteiger partial charge in [-0.15, -0.1) is 0 Å². The van der Waals surface area contributed by atoms with Crippen LogP contribution >= 0.6 is 0 Å². The highest BCUT2D eigenvalue weighted by Gasteiger charge is 2.31. The highest BCUT2D eigenvalue weighted by atomic mass is 16.5. The fourth-order valence-corrected chi connectivity index (χ4v) is 3.87. The fourth-order valence-electron chi connectivity index (χ4n) is 3.87. The molecule has 0 aliphatic carbocycles. The molecule has 29 heavy (non-hydrogen) atoms. The van der Waals surface area contributed by atoms with E-state index in [0.29, 0.717) is 13.0 Å². The number of hydrogen-bond donors (Lipinski definition) is 2. The molecule has 1 heterocycles. The van der Waals surface area contributed by atoms with Crippen molar-refractivity contribution in [3.63, 3.8) is 0 Å². The van der Waals surface area contributed by atoms with Crippen molar-refractivity contribution in [2.45, 2.75) is 38.9 Å². The van der Waals surface area contributed by atoms with Gasteiger partial charge in [-0.3, -0.25) is 14.5 Å². The first-order chi connectivity index (χ1) is 13.9. The quantitative estimate of drug-likeness (QED) is 0.754. The topological polar surface area (TPSA) is 84.7 Å². The van der Waals surface area contributed by atoms with E-state index in [9.17, 15) is 9.59 Å². The number of methoxy groups -OCH3 is 1. The van der Waals surface area contributed by atoms with Crippen molar-refractivity contribution in [2.75, 3.05) is 13.7 Å². The van der Waals surface area contributed by atoms with Crippen molar-refractivity contribution in [2.24, 2.45) is 11.7 Å². The third-order valence-corrected chi connectivity index (χ3v) is 5.48. The van der Waals surface area contributed by atoms with Gasteiger partial charge in [0.25, 0.3) is 0 Å². The second kappa shape index (κ2) is 9.09. The Morgan fingerprint density at radius 3 is 2.38 bits per heavy atom. The summed E-state index contributed by atoms with van der Waals surface area (Å²) in [5.41, 5.74) is 8.90. The molecule has 1 aliphatic heterocycles. The van der Waals surface area contributed by atoms with Gasteiger partial charge in [-0.1, -0.05) is 50.2 Å². The molecule has 2 aromatic carbocycles. The summed E-state index contributed by atoms with van der Waals surface area (Å²) in [6.45, 7) is 4.80. The van der Waals surface area contributed by atoms with Crippen LogP contribution in [0.4, 0.5) is 0 Å². The Balaban J connectivity index is 1.72. The standard InChI is InChI=1S/C23H29N3O3/c1-15(2)22(16-8-10-19(29-3)11-9-16)25-21(27)14-26-13-18-7-5-4-6-17(18)12-20(26)23(24)28/h4-11,15,20,22H,12-14H2,1-3H3,(H2,24,28)(H,25,27)/t20-,22+/m0/s1. The zero-order valence-electron chi connectivity index (χ0n) is 17.2. The van der Waals surface area contributed by atoms with Gasteiger partial charge in [-0.25, -0.2) is 0 Å². The van der Waals surface area contributed by atoms with E-state index in [4.69, 9.17) is 10.5 Å². The predicted molar refractivity (Wildman–Crippen MR) is 112 cm³/mol. The number of amides is 2. The molecule has 154 valence electrons. The maximum atomic E-state index is 12.9. The van der Waals surface area contributed by atoms with Crippen LogP contribution in [0.5, 0.6) is 5.75 Å². The van der Waals surface area contributed by atoms with Gasteiger partial charge in [-0.05, 0) is 41.2 Å². The van der Waals surface area contributed by atoms with Crippen LogP contribution in [0, 0.1) is 5.92 Å². The van der Waals surface area contributed by atoms with Crippen molar-refractivity contribution >= 4 is 11.8 Å². The Morgan fingerprint density at radius 2 is 1.79 bits per heavy atom. The molecule has 3 N–H and O–H groups in total. The zero-order chi connectivity index (χ0) is 21.0. The number of nitrogens with one attached hydrogen (secondary N) is 1. The van der Waals surface area contributed by atoms with E-state index < -0.39 is 11.9 Å². The van der Waals surface area contributed by atoms with Crippen LogP contribution in [-0.4, -0.2) is 36.4 Å². The molecule has 3 rings (SSSR count). The summed E-state index contributed by atoms with van der Waals surface area (Å²) in [6, 6.07) is 15.1. The van der Waals surface area contributed by atoms with Crippen LogP contribution in [0.25, 0.3) is 0 Å². The van der Waals surface area contributed by atoms with Crippen LogP contribution in [0.1, 0.15) is 36.6 Å². The van der Waals surface area contributed by atoms with E-state index in [1.165, 1.54) is 0 Å². The van der Waals surface area contributed by atoms with Crippen molar-refractivity contribution in [3.05, 3.63) is 65.2 Å². The molecule has 0 unspecified atom stereocenters. The summed E-state index contributed by atoms with van der Waals surface area (Å²) < 4.78 is 5.22. The largest absolute Gasteiger partial charge is 0.497 e. The lowest BCUT2D eigenvalue weighted by Gasteiger charge is -2.35. The first-order valence-corrected chi connectivity index (χ1v) is 9.92. The third-order valence-electron chi connectivity index (χ3n) is 5.48. The van der Waals surface area contributed by atoms with Crippen molar-refractivity contribution in [1.82, 2.24) is 10.2 Å². The Morgan fingerprint density at radius 1 is 1.14 bits per heavy atom. The fraction of sp³-hybridized carbons (Fsp3) is 0.391. The molecule has 0 bridgehead atoms. The minimum atomic E-state index is -0.478. The molecule has 0 saturated heterocycles. The molecule has 0 fully saturated rings. The number of nitrogens with zero attached hydrogens (tertiary/aromatic N) is 1. The Labute approximate surface area is 172 Å². The van der Waals surface area contributed by atoms with E-state index in [2.05, 4.69) is 19.2 Å². The zero-order valence-corrected chi connectivity index (χ0v) is 17.2. The minimum absolute atomic E-state index is 0.120. The summed E-state index contributed by atoms with van der Waals surface area (Å²) in [7, 11) is 1.63. The maximum Gasteiger partial charge on any atom is 0.235 e. The highest BCUT2D eigenvalue weighted by molar-refractivity contribution is 5.83. The summed E-state index contributed by atoms with van der Waals surface area (Å²) in [6.07, 6.45) is 0.533. The SMILES string of the molecule is COc1ccc([C@H](NC(=O)CN2Cc3ccccc3C[C@H]2C(N)=O)C(C)C)cc1. The number of primary amides is 1. The Bertz CT molecular complexity index is 864. The van der Waals surface area contributed by atoms with Gasteiger partial charge in [-0.2, -0.15) is 0 Å². The second-order valence-electron chi connectivity index (χ2n) is 7.86. The first kappa shape index (κ1) is 20.9. The smallest absolute Gasteiger partial charge is 0.235 e. The molecular weight excluding hydrogens is 366 g/mol. The van der Waals surface area contributed by atoms with Gasteiger partial charge in [0.05, 0.1) is 25.7 Å². The average molecular weight is 396 g/mol. The van der Waals surface area contributed by atoms with Gasteiger partial charge in [0, 0.05) is 6.54 Å². The predicted octanol–water partition coefficient (Wildman–Crippen LogP) is 2.42. The molecule has 1 aliphatic rings. The number of carbonyl (C=O) groups is 2. The second-order valence-corrected chi connectivity index (χ2v) is 7.86. The molecule has 2 atom stereocenters. The molecule has 2 aromatic rings. The number of fused-ring (bicyclic) bond motifs is 1. The normalized spacial score (nSPS) is 17.4. The van der Waals surface area contributed by atoms with Crippen LogP contribution < -0.4 is 15.8 Å². The van der Waals surface area contributed by atoms with Crippen molar-refractivity contribution in [1.29, 1.82) is 0 Å². The first-order valence-electron chi connectivity index (χ1n) is 9.92. The summed E-state index contributed by atoms with van der Waals surface area (Å²) in [5.74, 6) is 0.466. The van der Waals surface area contributed by atoms with E-state index >= 15 is 0 Å². The van der Waals surface area contributed by atoms with Crippen LogP contribution in [-0.2, 0) is 22.6 Å². The molecule has 6 nitrogen and oxygen atoms in total. The molecule has 0 spiro atoms. The Kier molecular flexibility index (Phi) is 6.54. The summed E-state index contributed by atoms with van der Waals surface area (Å²) >= 11 is 0. The van der Waals surface area contributed by atoms with E-state index in [0.717, 1.165) is 22.4 Å². The van der Waals surface area contributed by atoms with Crippen molar-refractivity contribution < 1.29 is 14.3 Å². The van der Waals surface area contributed by atoms with E-state index in [-0.39, 0.29) is 24.4 Å². The van der Waals surface area contributed by atoms with Gasteiger partial charge in [0.1, 0.15) is 5.75 Å². The lowest BCUT2D eigenvalue weighted by atomic mass is 9.93. The number of rotatable bonds is 7.